The average molecular weight is 306 g/mol. The minimum atomic E-state index is -4.56. The predicted octanol–water partition coefficient (Wildman–Crippen LogP) is 0.0119. The van der Waals surface area contributed by atoms with E-state index in [4.69, 9.17) is 5.11 Å². The maximum atomic E-state index is 13.6. The number of piperazine rings is 1. The summed E-state index contributed by atoms with van der Waals surface area (Å²) in [4.78, 5) is 9.96. The number of carboxylic acid groups (broad SMARTS) is 1. The second-order valence-corrected chi connectivity index (χ2v) is 6.05. The molecule has 20 heavy (non-hydrogen) atoms. The van der Waals surface area contributed by atoms with Crippen molar-refractivity contribution in [1.29, 1.82) is 0 Å². The summed E-state index contributed by atoms with van der Waals surface area (Å²) in [6.07, 6.45) is 0. The number of nitrogens with zero attached hydrogens (tertiary/aromatic N) is 1. The van der Waals surface area contributed by atoms with Crippen LogP contribution in [0.5, 0.6) is 0 Å². The fourth-order valence-electron chi connectivity index (χ4n) is 2.03. The molecule has 1 unspecified atom stereocenters. The van der Waals surface area contributed by atoms with Crippen molar-refractivity contribution in [2.24, 2.45) is 0 Å². The van der Waals surface area contributed by atoms with Gasteiger partial charge < -0.3 is 10.4 Å². The molecule has 1 fully saturated rings. The Bertz CT molecular complexity index is 615. The fourth-order valence-corrected chi connectivity index (χ4v) is 3.72. The highest BCUT2D eigenvalue weighted by molar-refractivity contribution is 7.89. The lowest BCUT2D eigenvalue weighted by atomic mass is 10.2. The Morgan fingerprint density at radius 1 is 1.35 bits per heavy atom. The first kappa shape index (κ1) is 14.8. The van der Waals surface area contributed by atoms with Gasteiger partial charge in [-0.2, -0.15) is 4.31 Å². The van der Waals surface area contributed by atoms with E-state index in [0.29, 0.717) is 4.31 Å². The van der Waals surface area contributed by atoms with E-state index < -0.39 is 38.6 Å². The molecule has 2 N–H and O–H groups in total. The van der Waals surface area contributed by atoms with Gasteiger partial charge in [-0.3, -0.25) is 4.79 Å². The number of benzene rings is 1. The van der Waals surface area contributed by atoms with Crippen LogP contribution in [0, 0.1) is 11.6 Å². The zero-order valence-corrected chi connectivity index (χ0v) is 11.0. The summed E-state index contributed by atoms with van der Waals surface area (Å²) < 4.78 is 52.4. The van der Waals surface area contributed by atoms with Gasteiger partial charge in [0, 0.05) is 19.6 Å². The van der Waals surface area contributed by atoms with Gasteiger partial charge in [0.1, 0.15) is 17.7 Å². The topological polar surface area (TPSA) is 86.7 Å². The van der Waals surface area contributed by atoms with Gasteiger partial charge in [-0.1, -0.05) is 6.07 Å². The smallest absolute Gasteiger partial charge is 0.323 e. The highest BCUT2D eigenvalue weighted by Gasteiger charge is 2.40. The van der Waals surface area contributed by atoms with Gasteiger partial charge in [-0.25, -0.2) is 17.2 Å². The Hall–Kier alpha value is -1.58. The fraction of sp³-hybridized carbons (Fsp3) is 0.364. The summed E-state index contributed by atoms with van der Waals surface area (Å²) in [5.74, 6) is -3.86. The van der Waals surface area contributed by atoms with E-state index >= 15 is 0 Å². The number of aliphatic carboxylic acids is 1. The molecule has 110 valence electrons. The molecule has 1 aliphatic heterocycles. The summed E-state index contributed by atoms with van der Waals surface area (Å²) in [5.41, 5.74) is 0. The zero-order valence-electron chi connectivity index (χ0n) is 10.2. The standard InChI is InChI=1S/C11H12F2N2O4S/c12-7-2-1-3-8(13)10(7)20(18,19)15-5-4-14-6-9(15)11(16)17/h1-3,9,14H,4-6H2,(H,16,17). The molecule has 2 rings (SSSR count). The van der Waals surface area contributed by atoms with Gasteiger partial charge in [0.2, 0.25) is 10.0 Å². The lowest BCUT2D eigenvalue weighted by Crippen LogP contribution is -2.57. The largest absolute Gasteiger partial charge is 0.480 e. The van der Waals surface area contributed by atoms with Crippen molar-refractivity contribution in [3.8, 4) is 0 Å². The number of nitrogens with one attached hydrogen (secondary N) is 1. The van der Waals surface area contributed by atoms with Gasteiger partial charge >= 0.3 is 5.97 Å². The Balaban J connectivity index is 2.51. The SMILES string of the molecule is O=C(O)C1CNCCN1S(=O)(=O)c1c(F)cccc1F. The van der Waals surface area contributed by atoms with Crippen LogP contribution in [0.15, 0.2) is 23.1 Å². The molecule has 0 aromatic heterocycles. The number of sulfonamides is 1. The molecule has 0 bridgehead atoms. The first-order valence-electron chi connectivity index (χ1n) is 5.75. The van der Waals surface area contributed by atoms with Gasteiger partial charge in [0.25, 0.3) is 0 Å². The summed E-state index contributed by atoms with van der Waals surface area (Å²) in [6.45, 7) is -0.0865. The van der Waals surface area contributed by atoms with Crippen molar-refractivity contribution in [2.45, 2.75) is 10.9 Å². The Morgan fingerprint density at radius 2 is 1.95 bits per heavy atom. The van der Waals surface area contributed by atoms with Gasteiger partial charge in [-0.15, -0.1) is 0 Å². The first-order valence-corrected chi connectivity index (χ1v) is 7.19. The monoisotopic (exact) mass is 306 g/mol. The average Bonchev–Trinajstić information content (AvgIpc) is 2.38. The summed E-state index contributed by atoms with van der Waals surface area (Å²) in [5, 5.41) is 11.7. The van der Waals surface area contributed by atoms with Crippen LogP contribution in [0.1, 0.15) is 0 Å². The molecule has 1 aromatic rings. The number of carboxylic acids is 1. The van der Waals surface area contributed by atoms with Crippen LogP contribution in [0.25, 0.3) is 0 Å². The molecule has 6 nitrogen and oxygen atoms in total. The molecule has 1 atom stereocenters. The molecule has 9 heteroatoms. The quantitative estimate of drug-likeness (QED) is 0.821. The molecule has 0 radical (unpaired) electrons. The van der Waals surface area contributed by atoms with E-state index in [9.17, 15) is 22.0 Å². The van der Waals surface area contributed by atoms with Crippen LogP contribution in [0.2, 0.25) is 0 Å². The van der Waals surface area contributed by atoms with E-state index in [1.54, 1.807) is 0 Å². The van der Waals surface area contributed by atoms with Gasteiger partial charge in [-0.05, 0) is 12.1 Å². The van der Waals surface area contributed by atoms with E-state index in [2.05, 4.69) is 5.32 Å². The van der Waals surface area contributed by atoms with Crippen LogP contribution in [-0.4, -0.2) is 49.5 Å². The normalized spacial score (nSPS) is 20.8. The van der Waals surface area contributed by atoms with E-state index in [1.165, 1.54) is 0 Å². The molecule has 1 aromatic carbocycles. The lowest BCUT2D eigenvalue weighted by molar-refractivity contribution is -0.141. The Morgan fingerprint density at radius 3 is 2.50 bits per heavy atom. The lowest BCUT2D eigenvalue weighted by Gasteiger charge is -2.32. The number of halogens is 2. The summed E-state index contributed by atoms with van der Waals surface area (Å²) in [6, 6.07) is 1.27. The molecule has 1 aliphatic rings. The van der Waals surface area contributed by atoms with Crippen molar-refractivity contribution >= 4 is 16.0 Å². The third-order valence-corrected chi connectivity index (χ3v) is 4.93. The second kappa shape index (κ2) is 5.43. The number of carbonyl (C=O) groups is 1. The van der Waals surface area contributed by atoms with Crippen LogP contribution < -0.4 is 5.32 Å². The van der Waals surface area contributed by atoms with Gasteiger partial charge in [0.05, 0.1) is 0 Å². The second-order valence-electron chi connectivity index (χ2n) is 4.22. The van der Waals surface area contributed by atoms with Crippen LogP contribution in [0.3, 0.4) is 0 Å². The molecular weight excluding hydrogens is 294 g/mol. The molecular formula is C11H12F2N2O4S. The van der Waals surface area contributed by atoms with E-state index in [0.717, 1.165) is 18.2 Å². The summed E-state index contributed by atoms with van der Waals surface area (Å²) >= 11 is 0. The van der Waals surface area contributed by atoms with Crippen molar-refractivity contribution in [2.75, 3.05) is 19.6 Å². The number of rotatable bonds is 3. The third kappa shape index (κ3) is 2.51. The van der Waals surface area contributed by atoms with Crippen LogP contribution in [-0.2, 0) is 14.8 Å². The van der Waals surface area contributed by atoms with E-state index in [1.807, 2.05) is 0 Å². The molecule has 0 amide bonds. The maximum absolute atomic E-state index is 13.6. The summed E-state index contributed by atoms with van der Waals surface area (Å²) in [7, 11) is -4.56. The van der Waals surface area contributed by atoms with E-state index in [-0.39, 0.29) is 19.6 Å². The van der Waals surface area contributed by atoms with Crippen molar-refractivity contribution in [3.05, 3.63) is 29.8 Å². The molecule has 1 saturated heterocycles. The molecule has 1 heterocycles. The molecule has 0 aliphatic carbocycles. The zero-order chi connectivity index (χ0) is 14.9. The highest BCUT2D eigenvalue weighted by atomic mass is 32.2. The van der Waals surface area contributed by atoms with Crippen molar-refractivity contribution < 1.29 is 27.1 Å². The van der Waals surface area contributed by atoms with Crippen LogP contribution >= 0.6 is 0 Å². The maximum Gasteiger partial charge on any atom is 0.323 e. The van der Waals surface area contributed by atoms with Crippen molar-refractivity contribution in [1.82, 2.24) is 9.62 Å². The highest BCUT2D eigenvalue weighted by Crippen LogP contribution is 2.24. The Kier molecular flexibility index (Phi) is 4.02. The van der Waals surface area contributed by atoms with Gasteiger partial charge in [0.15, 0.2) is 4.90 Å². The minimum Gasteiger partial charge on any atom is -0.480 e. The van der Waals surface area contributed by atoms with Crippen molar-refractivity contribution in [3.63, 3.8) is 0 Å². The molecule has 0 spiro atoms. The minimum absolute atomic E-state index is 0.120. The molecule has 0 saturated carbocycles. The number of hydrogen-bond acceptors (Lipinski definition) is 4. The van der Waals surface area contributed by atoms with Crippen LogP contribution in [0.4, 0.5) is 8.78 Å². The third-order valence-electron chi connectivity index (χ3n) is 2.96. The first-order chi connectivity index (χ1) is 9.35. The number of hydrogen-bond donors (Lipinski definition) is 2. The Labute approximate surface area is 114 Å². The predicted molar refractivity (Wildman–Crippen MR) is 64.5 cm³/mol.